The maximum absolute atomic E-state index is 14.6. The summed E-state index contributed by atoms with van der Waals surface area (Å²) in [6.45, 7) is 10.9. The van der Waals surface area contributed by atoms with E-state index in [4.69, 9.17) is 30.0 Å². The van der Waals surface area contributed by atoms with Gasteiger partial charge in [-0.15, -0.1) is 0 Å². The highest BCUT2D eigenvalue weighted by atomic mass is 31.2. The van der Waals surface area contributed by atoms with Crippen molar-refractivity contribution < 1.29 is 32.7 Å². The van der Waals surface area contributed by atoms with E-state index in [2.05, 4.69) is 20.0 Å². The van der Waals surface area contributed by atoms with Crippen molar-refractivity contribution in [2.75, 3.05) is 18.9 Å². The lowest BCUT2D eigenvalue weighted by Crippen LogP contribution is -2.40. The maximum Gasteiger partial charge on any atom is 0.459 e. The van der Waals surface area contributed by atoms with Gasteiger partial charge in [-0.25, -0.2) is 9.55 Å². The Morgan fingerprint density at radius 2 is 1.86 bits per heavy atom. The van der Waals surface area contributed by atoms with Gasteiger partial charge in [0.2, 0.25) is 5.95 Å². The van der Waals surface area contributed by atoms with E-state index in [1.54, 1.807) is 36.5 Å². The van der Waals surface area contributed by atoms with Gasteiger partial charge in [-0.05, 0) is 55.7 Å². The molecule has 268 valence electrons. The average Bonchev–Trinajstić information content (AvgIpc) is 3.56. The number of hydrogen-bond donors (Lipinski definition) is 4. The van der Waals surface area contributed by atoms with Crippen LogP contribution in [0.3, 0.4) is 0 Å². The standard InChI is InChI=1S/C33H48N7O8P/c1-7-11-22(6)47-30(42)25(14-20(2)3)39-49(44,48-24-12-9-8-10-13-24)46-18-33(17-45-31(43)26(34)21(4)5)15-23(33)16-40-19-36-27-28(40)37-32(35)38-29(27)41/h8-10,12-13,16,19-22,25-26H,7,11,14-15,17-18,34H2,1-6H3,(H,39,44)(H3,35,37,38,41)/b23-16-/t22-,25-,26-,33-,49-/m0/s1. The van der Waals surface area contributed by atoms with Crippen LogP contribution in [0.1, 0.15) is 67.2 Å². The number of nitrogens with zero attached hydrogens (tertiary/aromatic N) is 3. The fraction of sp³-hybridized carbons (Fsp3) is 0.545. The molecule has 16 heteroatoms. The number of rotatable bonds is 18. The number of nitrogens with two attached hydrogens (primary N) is 2. The molecule has 5 atom stereocenters. The fourth-order valence-corrected chi connectivity index (χ4v) is 6.73. The summed E-state index contributed by atoms with van der Waals surface area (Å²) < 4.78 is 39.5. The third kappa shape index (κ3) is 10.0. The van der Waals surface area contributed by atoms with Gasteiger partial charge in [0.15, 0.2) is 11.2 Å². The smallest absolute Gasteiger partial charge is 0.459 e. The number of nitrogens with one attached hydrogen (secondary N) is 2. The van der Waals surface area contributed by atoms with Crippen molar-refractivity contribution in [2.24, 2.45) is 23.0 Å². The summed E-state index contributed by atoms with van der Waals surface area (Å²) in [5.41, 5.74) is 11.4. The molecule has 2 heterocycles. The minimum atomic E-state index is -4.29. The molecule has 0 spiro atoms. The van der Waals surface area contributed by atoms with Crippen LogP contribution in [0, 0.1) is 17.3 Å². The molecular weight excluding hydrogens is 653 g/mol. The van der Waals surface area contributed by atoms with E-state index in [0.717, 1.165) is 12.0 Å². The van der Waals surface area contributed by atoms with Crippen LogP contribution in [0.5, 0.6) is 5.75 Å². The minimum Gasteiger partial charge on any atom is -0.463 e. The van der Waals surface area contributed by atoms with Crippen molar-refractivity contribution in [1.29, 1.82) is 0 Å². The van der Waals surface area contributed by atoms with Crippen LogP contribution in [-0.4, -0.2) is 62.9 Å². The number of para-hydroxylation sites is 1. The van der Waals surface area contributed by atoms with Crippen LogP contribution in [0.2, 0.25) is 0 Å². The second kappa shape index (κ2) is 16.1. The number of aromatic amines is 1. The van der Waals surface area contributed by atoms with Crippen molar-refractivity contribution in [2.45, 2.75) is 85.4 Å². The molecule has 0 unspecified atom stereocenters. The number of fused-ring (bicyclic) bond motifs is 1. The minimum absolute atomic E-state index is 0.0329. The number of carbonyl (C=O) groups is 2. The van der Waals surface area contributed by atoms with Gasteiger partial charge in [-0.2, -0.15) is 10.1 Å². The van der Waals surface area contributed by atoms with E-state index in [0.29, 0.717) is 19.3 Å². The third-order valence-corrected chi connectivity index (χ3v) is 9.66. The topological polar surface area (TPSA) is 216 Å². The van der Waals surface area contributed by atoms with E-state index in [1.807, 2.05) is 41.5 Å². The first-order valence-corrected chi connectivity index (χ1v) is 18.0. The Morgan fingerprint density at radius 1 is 1.14 bits per heavy atom. The van der Waals surface area contributed by atoms with Gasteiger partial charge in [-0.3, -0.25) is 28.5 Å². The van der Waals surface area contributed by atoms with E-state index in [1.165, 1.54) is 10.9 Å². The second-order valence-electron chi connectivity index (χ2n) is 13.3. The molecule has 0 aliphatic heterocycles. The number of anilines is 1. The molecule has 0 radical (unpaired) electrons. The number of carbonyl (C=O) groups excluding carboxylic acids is 2. The number of hydrogen-bond acceptors (Lipinski definition) is 12. The van der Waals surface area contributed by atoms with E-state index >= 15 is 0 Å². The number of ether oxygens (including phenoxy) is 2. The number of nitrogen functional groups attached to an aromatic ring is 1. The van der Waals surface area contributed by atoms with Crippen LogP contribution in [0.15, 0.2) is 47.0 Å². The zero-order valence-electron chi connectivity index (χ0n) is 28.9. The Bertz CT molecular complexity index is 1740. The summed E-state index contributed by atoms with van der Waals surface area (Å²) in [5.74, 6) is -1.13. The molecular formula is C33H48N7O8P. The van der Waals surface area contributed by atoms with Crippen molar-refractivity contribution in [3.05, 3.63) is 52.6 Å². The summed E-state index contributed by atoms with van der Waals surface area (Å²) in [6, 6.07) is 6.59. The van der Waals surface area contributed by atoms with Gasteiger partial charge >= 0.3 is 19.7 Å². The summed E-state index contributed by atoms with van der Waals surface area (Å²) in [6.07, 6.45) is 4.92. The molecule has 1 aromatic carbocycles. The molecule has 1 fully saturated rings. The SMILES string of the molecule is CCC[C@H](C)OC(=O)[C@H](CC(C)C)N[P@](=O)(OC[C@@]1(COC(=O)[C@@H](N)C(C)C)C/C1=C/n1cnc2c(=O)[nH]c(N)nc21)Oc1ccccc1. The molecule has 2 aromatic heterocycles. The lowest BCUT2D eigenvalue weighted by Gasteiger charge is -2.28. The lowest BCUT2D eigenvalue weighted by molar-refractivity contribution is -0.151. The molecule has 15 nitrogen and oxygen atoms in total. The number of esters is 2. The Kier molecular flexibility index (Phi) is 12.4. The highest BCUT2D eigenvalue weighted by Gasteiger charge is 2.53. The Labute approximate surface area is 285 Å². The molecule has 0 saturated heterocycles. The largest absolute Gasteiger partial charge is 0.463 e. The van der Waals surface area contributed by atoms with Crippen LogP contribution in [-0.2, 0) is 28.2 Å². The predicted molar refractivity (Wildman–Crippen MR) is 185 cm³/mol. The predicted octanol–water partition coefficient (Wildman–Crippen LogP) is 4.40. The number of benzene rings is 1. The molecule has 1 aliphatic rings. The monoisotopic (exact) mass is 701 g/mol. The van der Waals surface area contributed by atoms with Gasteiger partial charge < -0.3 is 25.5 Å². The van der Waals surface area contributed by atoms with Crippen molar-refractivity contribution >= 4 is 43.0 Å². The fourth-order valence-electron chi connectivity index (χ4n) is 5.14. The van der Waals surface area contributed by atoms with Gasteiger partial charge in [-0.1, -0.05) is 59.2 Å². The molecule has 1 aliphatic carbocycles. The first kappa shape index (κ1) is 37.8. The van der Waals surface area contributed by atoms with Crippen LogP contribution in [0.25, 0.3) is 17.4 Å². The lowest BCUT2D eigenvalue weighted by atomic mass is 10.0. The van der Waals surface area contributed by atoms with E-state index in [9.17, 15) is 18.9 Å². The van der Waals surface area contributed by atoms with Crippen LogP contribution >= 0.6 is 7.75 Å². The Morgan fingerprint density at radius 3 is 2.51 bits per heavy atom. The van der Waals surface area contributed by atoms with Crippen LogP contribution in [0.4, 0.5) is 5.95 Å². The third-order valence-electron chi connectivity index (χ3n) is 8.11. The molecule has 6 N–H and O–H groups in total. The zero-order valence-corrected chi connectivity index (χ0v) is 29.8. The zero-order chi connectivity index (χ0) is 35.9. The first-order chi connectivity index (χ1) is 23.1. The van der Waals surface area contributed by atoms with Gasteiger partial charge in [0.05, 0.1) is 18.1 Å². The summed E-state index contributed by atoms with van der Waals surface area (Å²) in [4.78, 5) is 49.3. The van der Waals surface area contributed by atoms with Crippen molar-refractivity contribution in [3.63, 3.8) is 0 Å². The molecule has 3 aromatic rings. The van der Waals surface area contributed by atoms with E-state index in [-0.39, 0.29) is 54.0 Å². The molecule has 0 amide bonds. The second-order valence-corrected chi connectivity index (χ2v) is 15.0. The number of imidazole rings is 1. The maximum atomic E-state index is 14.6. The Balaban J connectivity index is 1.66. The number of aromatic nitrogens is 4. The summed E-state index contributed by atoms with van der Waals surface area (Å²) in [7, 11) is -4.29. The highest BCUT2D eigenvalue weighted by molar-refractivity contribution is 7.52. The average molecular weight is 702 g/mol. The summed E-state index contributed by atoms with van der Waals surface area (Å²) in [5, 5.41) is 2.87. The molecule has 1 saturated carbocycles. The quantitative estimate of drug-likeness (QED) is 0.107. The van der Waals surface area contributed by atoms with Crippen molar-refractivity contribution in [1.82, 2.24) is 24.6 Å². The molecule has 49 heavy (non-hydrogen) atoms. The van der Waals surface area contributed by atoms with Crippen molar-refractivity contribution in [3.8, 4) is 5.75 Å². The number of H-pyrrole nitrogens is 1. The van der Waals surface area contributed by atoms with Gasteiger partial charge in [0.25, 0.3) is 5.56 Å². The van der Waals surface area contributed by atoms with Crippen LogP contribution < -0.4 is 26.6 Å². The van der Waals surface area contributed by atoms with E-state index < -0.39 is 42.7 Å². The Hall–Kier alpha value is -4.04. The van der Waals surface area contributed by atoms with Gasteiger partial charge in [0, 0.05) is 6.20 Å². The normalized spacial score (nSPS) is 19.8. The molecule has 4 rings (SSSR count). The summed E-state index contributed by atoms with van der Waals surface area (Å²) >= 11 is 0. The van der Waals surface area contributed by atoms with Gasteiger partial charge in [0.1, 0.15) is 30.8 Å². The molecule has 0 bridgehead atoms. The first-order valence-electron chi connectivity index (χ1n) is 16.5. The highest BCUT2D eigenvalue weighted by Crippen LogP contribution is 2.57.